The van der Waals surface area contributed by atoms with E-state index in [2.05, 4.69) is 30.6 Å². The van der Waals surface area contributed by atoms with Crippen LogP contribution in [0.15, 0.2) is 54.7 Å². The number of hydrogen-bond acceptors (Lipinski definition) is 6. The van der Waals surface area contributed by atoms with Gasteiger partial charge in [-0.1, -0.05) is 36.4 Å². The number of nitrogens with zero attached hydrogens (tertiary/aromatic N) is 4. The Morgan fingerprint density at radius 2 is 1.81 bits per heavy atom. The highest BCUT2D eigenvalue weighted by atomic mass is 16.5. The van der Waals surface area contributed by atoms with Crippen LogP contribution in [0.5, 0.6) is 5.75 Å². The Hall–Kier alpha value is -3.81. The fraction of sp³-hybridized carbons (Fsp3) is 0.0556. The first-order chi connectivity index (χ1) is 12.7. The van der Waals surface area contributed by atoms with Crippen LogP contribution in [0.1, 0.15) is 16.3 Å². The highest BCUT2D eigenvalue weighted by molar-refractivity contribution is 5.89. The van der Waals surface area contributed by atoms with Crippen molar-refractivity contribution >= 4 is 5.97 Å². The summed E-state index contributed by atoms with van der Waals surface area (Å²) in [4.78, 5) is 18.9. The van der Waals surface area contributed by atoms with E-state index in [0.29, 0.717) is 23.1 Å². The summed E-state index contributed by atoms with van der Waals surface area (Å²) in [6.07, 6.45) is 1.45. The topological polar surface area (TPSA) is 109 Å². The van der Waals surface area contributed by atoms with Crippen LogP contribution in [-0.4, -0.2) is 36.6 Å². The van der Waals surface area contributed by atoms with Gasteiger partial charge in [0, 0.05) is 5.56 Å². The second-order valence-corrected chi connectivity index (χ2v) is 5.58. The zero-order valence-corrected chi connectivity index (χ0v) is 13.8. The Labute approximate surface area is 148 Å². The highest BCUT2D eigenvalue weighted by Crippen LogP contribution is 2.30. The third kappa shape index (κ3) is 3.07. The van der Waals surface area contributed by atoms with Gasteiger partial charge in [-0.15, -0.1) is 10.2 Å². The number of aromatic nitrogens is 6. The average Bonchev–Trinajstić information content (AvgIpc) is 3.34. The largest absolute Gasteiger partial charge is 0.422 e. The van der Waals surface area contributed by atoms with Crippen LogP contribution in [0.2, 0.25) is 0 Å². The lowest BCUT2D eigenvalue weighted by Gasteiger charge is -2.08. The van der Waals surface area contributed by atoms with Crippen molar-refractivity contribution in [2.45, 2.75) is 6.92 Å². The molecular formula is C18H14N6O2. The molecule has 2 N–H and O–H groups in total. The van der Waals surface area contributed by atoms with Crippen molar-refractivity contribution in [1.82, 2.24) is 30.6 Å². The van der Waals surface area contributed by atoms with Gasteiger partial charge in [-0.3, -0.25) is 0 Å². The molecule has 0 aliphatic rings. The van der Waals surface area contributed by atoms with Gasteiger partial charge in [0.1, 0.15) is 17.3 Å². The predicted octanol–water partition coefficient (Wildman–Crippen LogP) is 2.78. The predicted molar refractivity (Wildman–Crippen MR) is 93.3 cm³/mol. The minimum Gasteiger partial charge on any atom is -0.422 e. The first kappa shape index (κ1) is 15.7. The summed E-state index contributed by atoms with van der Waals surface area (Å²) in [5.74, 6) is 1.14. The van der Waals surface area contributed by atoms with Gasteiger partial charge in [-0.2, -0.15) is 5.21 Å². The summed E-state index contributed by atoms with van der Waals surface area (Å²) in [5, 5.41) is 14.1. The molecule has 0 saturated heterocycles. The number of aryl methyl sites for hydroxylation is 1. The van der Waals surface area contributed by atoms with Crippen LogP contribution < -0.4 is 4.74 Å². The van der Waals surface area contributed by atoms with Gasteiger partial charge in [0.2, 0.25) is 5.82 Å². The van der Waals surface area contributed by atoms with E-state index >= 15 is 0 Å². The molecule has 26 heavy (non-hydrogen) atoms. The number of nitrogens with one attached hydrogen (secondary N) is 2. The lowest BCUT2D eigenvalue weighted by Crippen LogP contribution is -2.08. The van der Waals surface area contributed by atoms with Gasteiger partial charge < -0.3 is 9.72 Å². The molecule has 0 aliphatic carbocycles. The molecule has 128 valence electrons. The molecule has 4 rings (SSSR count). The number of carbonyl (C=O) groups excluding carboxylic acids is 1. The molecule has 0 aliphatic heterocycles. The quantitative estimate of drug-likeness (QED) is 0.434. The van der Waals surface area contributed by atoms with Gasteiger partial charge >= 0.3 is 5.97 Å². The van der Waals surface area contributed by atoms with Crippen LogP contribution >= 0.6 is 0 Å². The van der Waals surface area contributed by atoms with Gasteiger partial charge in [0.05, 0.1) is 6.20 Å². The second kappa shape index (κ2) is 6.60. The number of imidazole rings is 1. The van der Waals surface area contributed by atoms with E-state index in [1.165, 1.54) is 6.20 Å². The Morgan fingerprint density at radius 1 is 1.04 bits per heavy atom. The van der Waals surface area contributed by atoms with E-state index in [-0.39, 0.29) is 0 Å². The zero-order valence-electron chi connectivity index (χ0n) is 13.8. The van der Waals surface area contributed by atoms with E-state index in [1.807, 2.05) is 36.4 Å². The Bertz CT molecular complexity index is 1040. The molecule has 0 saturated carbocycles. The molecule has 2 aromatic carbocycles. The summed E-state index contributed by atoms with van der Waals surface area (Å²) in [6.45, 7) is 1.77. The Kier molecular flexibility index (Phi) is 3.98. The number of ether oxygens (including phenoxy) is 1. The Balaban J connectivity index is 1.58. The number of H-pyrrole nitrogens is 2. The second-order valence-electron chi connectivity index (χ2n) is 5.58. The normalized spacial score (nSPS) is 10.7. The average molecular weight is 346 g/mol. The van der Waals surface area contributed by atoms with Gasteiger partial charge in [0.25, 0.3) is 0 Å². The fourth-order valence-electron chi connectivity index (χ4n) is 2.59. The molecule has 2 aromatic heterocycles. The van der Waals surface area contributed by atoms with Crippen LogP contribution in [0.3, 0.4) is 0 Å². The SMILES string of the molecule is Cc1ncc(C(=O)Oc2ccc(-c3ccccc3-c3nn[nH]n3)cc2)[nH]1. The highest BCUT2D eigenvalue weighted by Gasteiger charge is 2.13. The van der Waals surface area contributed by atoms with E-state index in [4.69, 9.17) is 4.74 Å². The molecule has 2 heterocycles. The van der Waals surface area contributed by atoms with Crippen LogP contribution in [0, 0.1) is 6.92 Å². The monoisotopic (exact) mass is 346 g/mol. The minimum atomic E-state index is -0.481. The zero-order chi connectivity index (χ0) is 17.9. The molecule has 8 heteroatoms. The van der Waals surface area contributed by atoms with Crippen molar-refractivity contribution in [2.24, 2.45) is 0 Å². The third-order valence-corrected chi connectivity index (χ3v) is 3.81. The standard InChI is InChI=1S/C18H14N6O2/c1-11-19-10-16(20-11)18(25)26-13-8-6-12(7-9-13)14-4-2-3-5-15(14)17-21-23-24-22-17/h2-10H,1H3,(H,19,20)(H,21,22,23,24). The number of tetrazole rings is 1. The Morgan fingerprint density at radius 3 is 2.46 bits per heavy atom. The summed E-state index contributed by atoms with van der Waals surface area (Å²) in [5.41, 5.74) is 3.08. The summed E-state index contributed by atoms with van der Waals surface area (Å²) >= 11 is 0. The summed E-state index contributed by atoms with van der Waals surface area (Å²) < 4.78 is 5.36. The van der Waals surface area contributed by atoms with Crippen LogP contribution in [0.25, 0.3) is 22.5 Å². The van der Waals surface area contributed by atoms with Crippen molar-refractivity contribution in [3.8, 4) is 28.3 Å². The molecule has 8 nitrogen and oxygen atoms in total. The van der Waals surface area contributed by atoms with Crippen molar-refractivity contribution < 1.29 is 9.53 Å². The van der Waals surface area contributed by atoms with Crippen molar-refractivity contribution in [3.05, 3.63) is 66.2 Å². The third-order valence-electron chi connectivity index (χ3n) is 3.81. The van der Waals surface area contributed by atoms with Crippen molar-refractivity contribution in [1.29, 1.82) is 0 Å². The van der Waals surface area contributed by atoms with Crippen molar-refractivity contribution in [3.63, 3.8) is 0 Å². The number of carbonyl (C=O) groups is 1. The van der Waals surface area contributed by atoms with Crippen LogP contribution in [0.4, 0.5) is 0 Å². The van der Waals surface area contributed by atoms with Gasteiger partial charge in [-0.05, 0) is 35.4 Å². The number of hydrogen-bond donors (Lipinski definition) is 2. The summed E-state index contributed by atoms with van der Waals surface area (Å²) in [7, 11) is 0. The molecular weight excluding hydrogens is 332 g/mol. The molecule has 0 unspecified atom stereocenters. The van der Waals surface area contributed by atoms with Crippen molar-refractivity contribution in [2.75, 3.05) is 0 Å². The summed E-state index contributed by atoms with van der Waals surface area (Å²) in [6, 6.07) is 15.0. The van der Waals surface area contributed by atoms with Gasteiger partial charge in [0.15, 0.2) is 0 Å². The molecule has 0 amide bonds. The fourth-order valence-corrected chi connectivity index (χ4v) is 2.59. The maximum Gasteiger partial charge on any atom is 0.361 e. The van der Waals surface area contributed by atoms with E-state index in [0.717, 1.165) is 16.7 Å². The molecule has 0 radical (unpaired) electrons. The number of rotatable bonds is 4. The van der Waals surface area contributed by atoms with E-state index < -0.39 is 5.97 Å². The first-order valence-electron chi connectivity index (χ1n) is 7.88. The number of benzene rings is 2. The lowest BCUT2D eigenvalue weighted by molar-refractivity contribution is 0.0729. The lowest BCUT2D eigenvalue weighted by atomic mass is 9.99. The maximum absolute atomic E-state index is 12.1. The number of aromatic amines is 2. The molecule has 0 bridgehead atoms. The minimum absolute atomic E-state index is 0.314. The maximum atomic E-state index is 12.1. The smallest absolute Gasteiger partial charge is 0.361 e. The molecule has 0 spiro atoms. The molecule has 0 fully saturated rings. The first-order valence-corrected chi connectivity index (χ1v) is 7.88. The molecule has 4 aromatic rings. The van der Waals surface area contributed by atoms with Crippen LogP contribution in [-0.2, 0) is 0 Å². The van der Waals surface area contributed by atoms with E-state index in [9.17, 15) is 4.79 Å². The number of esters is 1. The van der Waals surface area contributed by atoms with Gasteiger partial charge in [-0.25, -0.2) is 9.78 Å². The van der Waals surface area contributed by atoms with E-state index in [1.54, 1.807) is 19.1 Å². The molecule has 0 atom stereocenters.